The molecule has 34 heavy (non-hydrogen) atoms. The molecule has 1 N–H and O–H groups in total. The Balaban J connectivity index is 1.73. The molecule has 1 atom stereocenters. The van der Waals surface area contributed by atoms with E-state index in [9.17, 15) is 13.2 Å². The molecule has 1 unspecified atom stereocenters. The van der Waals surface area contributed by atoms with E-state index in [0.717, 1.165) is 23.4 Å². The topological polar surface area (TPSA) is 47.9 Å². The van der Waals surface area contributed by atoms with Gasteiger partial charge < -0.3 is 29.0 Å². The van der Waals surface area contributed by atoms with Crippen LogP contribution < -0.4 is 19.5 Å². The number of halogens is 3. The summed E-state index contributed by atoms with van der Waals surface area (Å²) in [4.78, 5) is 1.95. The first kappa shape index (κ1) is 23.7. The maximum absolute atomic E-state index is 13.2. The first-order valence-electron chi connectivity index (χ1n) is 10.5. The summed E-state index contributed by atoms with van der Waals surface area (Å²) in [6, 6.07) is 12.3. The predicted molar refractivity (Wildman–Crippen MR) is 127 cm³/mol. The highest BCUT2D eigenvalue weighted by atomic mass is 32.1. The molecule has 3 aromatic rings. The van der Waals surface area contributed by atoms with Gasteiger partial charge in [0.25, 0.3) is 0 Å². The largest absolute Gasteiger partial charge is 0.493 e. The summed E-state index contributed by atoms with van der Waals surface area (Å²) in [7, 11) is 4.62. The Morgan fingerprint density at radius 3 is 2.29 bits per heavy atom. The number of thiocarbonyl (C=S) groups is 1. The quantitative estimate of drug-likeness (QED) is 0.487. The lowest BCUT2D eigenvalue weighted by Gasteiger charge is -2.39. The van der Waals surface area contributed by atoms with E-state index >= 15 is 0 Å². The van der Waals surface area contributed by atoms with Gasteiger partial charge in [-0.1, -0.05) is 6.07 Å². The van der Waals surface area contributed by atoms with Gasteiger partial charge in [-0.25, -0.2) is 0 Å². The molecule has 4 rings (SSSR count). The second-order valence-electron chi connectivity index (χ2n) is 7.69. The van der Waals surface area contributed by atoms with E-state index in [2.05, 4.69) is 9.88 Å². The van der Waals surface area contributed by atoms with Crippen molar-refractivity contribution in [2.24, 2.45) is 0 Å². The first-order chi connectivity index (χ1) is 16.3. The van der Waals surface area contributed by atoms with Crippen molar-refractivity contribution in [3.63, 3.8) is 0 Å². The standard InChI is InChI=1S/C24H24F3N3O3S/c1-31-19-12-15(13-20(32-2)22(19)33-3)21-18-8-5-9-29(18)10-11-30(21)23(34)28-17-7-4-6-16(14-17)24(25,26)27/h4-9,12-14,21H,10-11H2,1-3H3,(H,28,34). The van der Waals surface area contributed by atoms with Gasteiger partial charge in [-0.05, 0) is 60.2 Å². The number of aromatic nitrogens is 1. The van der Waals surface area contributed by atoms with Crippen LogP contribution in [0.5, 0.6) is 17.2 Å². The Labute approximate surface area is 200 Å². The third-order valence-electron chi connectivity index (χ3n) is 5.74. The molecule has 0 aliphatic carbocycles. The predicted octanol–water partition coefficient (Wildman–Crippen LogP) is 5.33. The number of rotatable bonds is 5. The summed E-state index contributed by atoms with van der Waals surface area (Å²) in [5.41, 5.74) is 1.34. The third kappa shape index (κ3) is 4.50. The number of hydrogen-bond acceptors (Lipinski definition) is 4. The van der Waals surface area contributed by atoms with E-state index in [-0.39, 0.29) is 11.7 Å². The summed E-state index contributed by atoms with van der Waals surface area (Å²) in [6.45, 7) is 1.22. The molecule has 0 bridgehead atoms. The van der Waals surface area contributed by atoms with Gasteiger partial charge in [0.15, 0.2) is 16.6 Å². The Bertz CT molecular complexity index is 1170. The van der Waals surface area contributed by atoms with Crippen LogP contribution in [0.2, 0.25) is 0 Å². The average molecular weight is 492 g/mol. The summed E-state index contributed by atoms with van der Waals surface area (Å²) < 4.78 is 58.1. The normalized spacial score (nSPS) is 15.5. The van der Waals surface area contributed by atoms with E-state index in [4.69, 9.17) is 26.4 Å². The lowest BCUT2D eigenvalue weighted by atomic mass is 9.99. The molecule has 0 spiro atoms. The van der Waals surface area contributed by atoms with Gasteiger partial charge in [0.05, 0.1) is 32.9 Å². The first-order valence-corrected chi connectivity index (χ1v) is 10.9. The van der Waals surface area contributed by atoms with Crippen LogP contribution in [0, 0.1) is 0 Å². The van der Waals surface area contributed by atoms with Crippen molar-refractivity contribution in [2.75, 3.05) is 33.2 Å². The van der Waals surface area contributed by atoms with E-state index in [1.54, 1.807) is 20.3 Å². The molecule has 2 aromatic carbocycles. The Hall–Kier alpha value is -3.40. The number of benzene rings is 2. The molecule has 1 aliphatic rings. The van der Waals surface area contributed by atoms with Crippen LogP contribution in [-0.4, -0.2) is 42.5 Å². The molecule has 2 heterocycles. The highest BCUT2D eigenvalue weighted by molar-refractivity contribution is 7.80. The van der Waals surface area contributed by atoms with Crippen molar-refractivity contribution < 1.29 is 27.4 Å². The lowest BCUT2D eigenvalue weighted by Crippen LogP contribution is -2.44. The molecule has 0 amide bonds. The highest BCUT2D eigenvalue weighted by Gasteiger charge is 2.33. The monoisotopic (exact) mass is 491 g/mol. The van der Waals surface area contributed by atoms with Crippen LogP contribution in [0.3, 0.4) is 0 Å². The van der Waals surface area contributed by atoms with Crippen molar-refractivity contribution in [1.82, 2.24) is 9.47 Å². The van der Waals surface area contributed by atoms with Gasteiger partial charge in [-0.15, -0.1) is 0 Å². The SMILES string of the molecule is COc1cc(C2c3cccn3CCN2C(=S)Nc2cccc(C(F)(F)F)c2)cc(OC)c1OC. The van der Waals surface area contributed by atoms with Crippen LogP contribution in [0.1, 0.15) is 22.9 Å². The van der Waals surface area contributed by atoms with Gasteiger partial charge >= 0.3 is 6.18 Å². The third-order valence-corrected chi connectivity index (χ3v) is 6.08. The molecule has 10 heteroatoms. The average Bonchev–Trinajstić information content (AvgIpc) is 3.31. The molecular formula is C24H24F3N3O3S. The van der Waals surface area contributed by atoms with E-state index in [0.29, 0.717) is 35.5 Å². The zero-order valence-electron chi connectivity index (χ0n) is 18.8. The minimum Gasteiger partial charge on any atom is -0.493 e. The number of ether oxygens (including phenoxy) is 3. The molecule has 1 aliphatic heterocycles. The van der Waals surface area contributed by atoms with Crippen LogP contribution >= 0.6 is 12.2 Å². The number of anilines is 1. The van der Waals surface area contributed by atoms with Gasteiger partial charge in [0, 0.05) is 30.7 Å². The summed E-state index contributed by atoms with van der Waals surface area (Å²) in [6.07, 6.45) is -2.45. The second kappa shape index (κ2) is 9.46. The van der Waals surface area contributed by atoms with Crippen molar-refractivity contribution in [2.45, 2.75) is 18.8 Å². The number of nitrogens with zero attached hydrogens (tertiary/aromatic N) is 2. The minimum atomic E-state index is -4.44. The van der Waals surface area contributed by atoms with Gasteiger partial charge in [0.1, 0.15) is 0 Å². The van der Waals surface area contributed by atoms with Crippen molar-refractivity contribution in [3.05, 3.63) is 71.5 Å². The maximum Gasteiger partial charge on any atom is 0.416 e. The Morgan fingerprint density at radius 1 is 0.971 bits per heavy atom. The van der Waals surface area contributed by atoms with E-state index < -0.39 is 11.7 Å². The van der Waals surface area contributed by atoms with E-state index in [1.807, 2.05) is 35.4 Å². The summed E-state index contributed by atoms with van der Waals surface area (Å²) in [5.74, 6) is 1.46. The number of methoxy groups -OCH3 is 3. The molecule has 0 radical (unpaired) electrons. The summed E-state index contributed by atoms with van der Waals surface area (Å²) >= 11 is 5.68. The van der Waals surface area contributed by atoms with Crippen LogP contribution in [0.4, 0.5) is 18.9 Å². The lowest BCUT2D eigenvalue weighted by molar-refractivity contribution is -0.137. The molecule has 1 aromatic heterocycles. The minimum absolute atomic E-state index is 0.268. The second-order valence-corrected chi connectivity index (χ2v) is 8.08. The van der Waals surface area contributed by atoms with Gasteiger partial charge in [-0.2, -0.15) is 13.2 Å². The van der Waals surface area contributed by atoms with E-state index in [1.165, 1.54) is 13.2 Å². The van der Waals surface area contributed by atoms with Crippen LogP contribution in [0.15, 0.2) is 54.7 Å². The smallest absolute Gasteiger partial charge is 0.416 e. The zero-order valence-corrected chi connectivity index (χ0v) is 19.7. The van der Waals surface area contributed by atoms with Crippen molar-refractivity contribution in [3.8, 4) is 17.2 Å². The fraction of sp³-hybridized carbons (Fsp3) is 0.292. The van der Waals surface area contributed by atoms with Crippen LogP contribution in [-0.2, 0) is 12.7 Å². The maximum atomic E-state index is 13.2. The fourth-order valence-corrected chi connectivity index (χ4v) is 4.50. The molecule has 0 saturated carbocycles. The number of fused-ring (bicyclic) bond motifs is 1. The fourth-order valence-electron chi connectivity index (χ4n) is 4.18. The van der Waals surface area contributed by atoms with Crippen molar-refractivity contribution in [1.29, 1.82) is 0 Å². The van der Waals surface area contributed by atoms with Gasteiger partial charge in [-0.3, -0.25) is 0 Å². The summed E-state index contributed by atoms with van der Waals surface area (Å²) in [5, 5.41) is 3.30. The number of alkyl halides is 3. The molecule has 0 fully saturated rings. The molecule has 0 saturated heterocycles. The number of nitrogens with one attached hydrogen (secondary N) is 1. The highest BCUT2D eigenvalue weighted by Crippen LogP contribution is 2.43. The zero-order chi connectivity index (χ0) is 24.5. The van der Waals surface area contributed by atoms with Gasteiger partial charge in [0.2, 0.25) is 5.75 Å². The molecule has 180 valence electrons. The Morgan fingerprint density at radius 2 is 1.68 bits per heavy atom. The molecular weight excluding hydrogens is 467 g/mol. The molecule has 6 nitrogen and oxygen atoms in total. The number of hydrogen-bond donors (Lipinski definition) is 1. The van der Waals surface area contributed by atoms with Crippen molar-refractivity contribution >= 4 is 23.0 Å². The van der Waals surface area contributed by atoms with Crippen LogP contribution in [0.25, 0.3) is 0 Å². The Kier molecular flexibility index (Phi) is 6.60.